The fourth-order valence-corrected chi connectivity index (χ4v) is 0. The molecule has 0 atom stereocenters. The molecule has 0 aliphatic heterocycles. The maximum absolute atomic E-state index is 2.08. The van der Waals surface area contributed by atoms with Gasteiger partial charge in [-0.05, 0) is 0 Å². The van der Waals surface area contributed by atoms with Crippen molar-refractivity contribution in [2.24, 2.45) is 0 Å². The molecule has 0 unspecified atom stereocenters. The third-order valence-electron chi connectivity index (χ3n) is 0. The van der Waals surface area contributed by atoms with E-state index in [4.69, 9.17) is 0 Å². The van der Waals surface area contributed by atoms with E-state index in [1.807, 2.05) is 60.8 Å². The molecule has 0 radical (unpaired) electrons. The summed E-state index contributed by atoms with van der Waals surface area (Å²) in [7, 11) is 0. The van der Waals surface area contributed by atoms with Crippen molar-refractivity contribution in [2.45, 2.75) is 62.3 Å². The van der Waals surface area contributed by atoms with Crippen molar-refractivity contribution in [3.63, 3.8) is 0 Å². The van der Waals surface area contributed by atoms with Crippen LogP contribution < -0.4 is 0 Å². The standard InChI is InChI=1S/C4H9.3C3H7.H2O.Ti/c1-4(2)3;3*1-3-2;;/h1-3H3;3*3H,1-2H3;1H2;/q4*-1;;+4. The first-order valence-electron chi connectivity index (χ1n) is 4.96. The Bertz CT molecular complexity index is 32.0. The Morgan fingerprint density at radius 2 is 0.600 bits per heavy atom. The number of hydrogen-bond donors (Lipinski definition) is 0. The second-order valence-corrected chi connectivity index (χ2v) is 3.23. The van der Waals surface area contributed by atoms with Gasteiger partial charge in [0.2, 0.25) is 0 Å². The fourth-order valence-electron chi connectivity index (χ4n) is 0. The summed E-state index contributed by atoms with van der Waals surface area (Å²) < 4.78 is 0. The Hall–Kier alpha value is 0.674. The van der Waals surface area contributed by atoms with Crippen LogP contribution in [0.1, 0.15) is 62.3 Å². The molecule has 2 N–H and O–H groups in total. The number of hydrogen-bond acceptors (Lipinski definition) is 0. The van der Waals surface area contributed by atoms with Gasteiger partial charge in [-0.2, -0.15) is 62.3 Å². The minimum Gasteiger partial charge on any atom is -0.412 e. The average molecular weight is 252 g/mol. The predicted molar refractivity (Wildman–Crippen MR) is 70.8 cm³/mol. The van der Waals surface area contributed by atoms with Crippen molar-refractivity contribution in [1.82, 2.24) is 0 Å². The van der Waals surface area contributed by atoms with E-state index in [0.29, 0.717) is 0 Å². The number of rotatable bonds is 0. The molecule has 0 aliphatic carbocycles. The minimum absolute atomic E-state index is 0. The molecule has 94 valence electrons. The summed E-state index contributed by atoms with van der Waals surface area (Å²) in [6.07, 6.45) is 6.00. The molecule has 15 heavy (non-hydrogen) atoms. The molecule has 0 spiro atoms. The van der Waals surface area contributed by atoms with Gasteiger partial charge in [-0.3, -0.25) is 0 Å². The molecular formula is C13H32OTi. The smallest absolute Gasteiger partial charge is 0.412 e. The topological polar surface area (TPSA) is 31.5 Å². The molecular weight excluding hydrogens is 220 g/mol. The van der Waals surface area contributed by atoms with Crippen LogP contribution in [0, 0.1) is 25.2 Å². The van der Waals surface area contributed by atoms with Crippen LogP contribution in [0.4, 0.5) is 0 Å². The van der Waals surface area contributed by atoms with Crippen molar-refractivity contribution in [2.75, 3.05) is 0 Å². The summed E-state index contributed by atoms with van der Waals surface area (Å²) in [5.74, 6) is 1.42. The molecule has 0 aliphatic rings. The molecule has 0 aromatic carbocycles. The molecule has 0 saturated carbocycles. The quantitative estimate of drug-likeness (QED) is 0.449. The maximum atomic E-state index is 2.08. The third-order valence-corrected chi connectivity index (χ3v) is 0. The fraction of sp³-hybridized carbons (Fsp3) is 0.692. The van der Waals surface area contributed by atoms with Crippen LogP contribution in [0.25, 0.3) is 0 Å². The summed E-state index contributed by atoms with van der Waals surface area (Å²) in [4.78, 5) is 0. The molecule has 0 saturated heterocycles. The molecule has 1 nitrogen and oxygen atoms in total. The van der Waals surface area contributed by atoms with Gasteiger partial charge in [0, 0.05) is 0 Å². The first-order valence-corrected chi connectivity index (χ1v) is 4.96. The van der Waals surface area contributed by atoms with Crippen molar-refractivity contribution in [1.29, 1.82) is 0 Å². The van der Waals surface area contributed by atoms with Crippen LogP contribution in [-0.2, 0) is 21.7 Å². The van der Waals surface area contributed by atoms with E-state index in [0.717, 1.165) is 0 Å². The normalized spacial score (nSPS) is 6.00. The first-order chi connectivity index (χ1) is 5.97. The van der Waals surface area contributed by atoms with Gasteiger partial charge in [0.1, 0.15) is 0 Å². The van der Waals surface area contributed by atoms with E-state index in [-0.39, 0.29) is 27.2 Å². The maximum Gasteiger partial charge on any atom is 4.00 e. The minimum atomic E-state index is 0. The van der Waals surface area contributed by atoms with Crippen LogP contribution in [-0.4, -0.2) is 5.48 Å². The first kappa shape index (κ1) is 36.1. The van der Waals surface area contributed by atoms with Gasteiger partial charge in [0.25, 0.3) is 0 Å². The van der Waals surface area contributed by atoms with Gasteiger partial charge >= 0.3 is 21.7 Å². The van der Waals surface area contributed by atoms with Crippen molar-refractivity contribution in [3.05, 3.63) is 25.2 Å². The zero-order valence-electron chi connectivity index (χ0n) is 12.2. The molecule has 0 heterocycles. The average Bonchev–Trinajstić information content (AvgIpc) is 1.88. The summed E-state index contributed by atoms with van der Waals surface area (Å²) in [6.45, 7) is 18.2. The molecule has 2 heteroatoms. The largest absolute Gasteiger partial charge is 4.00 e. The van der Waals surface area contributed by atoms with E-state index in [9.17, 15) is 0 Å². The Labute approximate surface area is 115 Å². The summed E-state index contributed by atoms with van der Waals surface area (Å²) in [5.41, 5.74) is 0. The second kappa shape index (κ2) is 61.6. The molecule has 0 aromatic heterocycles. The summed E-state index contributed by atoms with van der Waals surface area (Å²) in [6, 6.07) is 0. The monoisotopic (exact) mass is 252 g/mol. The second-order valence-electron chi connectivity index (χ2n) is 3.23. The van der Waals surface area contributed by atoms with Crippen LogP contribution >= 0.6 is 0 Å². The molecule has 0 fully saturated rings. The predicted octanol–water partition coefficient (Wildman–Crippen LogP) is 4.48. The molecule has 0 rings (SSSR count). The van der Waals surface area contributed by atoms with Crippen molar-refractivity contribution in [3.8, 4) is 0 Å². The van der Waals surface area contributed by atoms with E-state index in [2.05, 4.69) is 20.8 Å². The van der Waals surface area contributed by atoms with Gasteiger partial charge in [0.05, 0.1) is 0 Å². The summed E-state index contributed by atoms with van der Waals surface area (Å²) >= 11 is 0. The van der Waals surface area contributed by atoms with Gasteiger partial charge < -0.3 is 30.7 Å². The molecule has 0 aromatic rings. The molecule has 0 amide bonds. The van der Waals surface area contributed by atoms with Crippen LogP contribution in [0.2, 0.25) is 0 Å². The van der Waals surface area contributed by atoms with Crippen molar-refractivity contribution < 1.29 is 27.2 Å². The molecule has 0 bridgehead atoms. The summed E-state index contributed by atoms with van der Waals surface area (Å²) in [5, 5.41) is 0. The Kier molecular flexibility index (Phi) is 148. The van der Waals surface area contributed by atoms with E-state index < -0.39 is 0 Å². The third kappa shape index (κ3) is 5180. The van der Waals surface area contributed by atoms with Crippen LogP contribution in [0.5, 0.6) is 0 Å². The Morgan fingerprint density at radius 1 is 0.600 bits per heavy atom. The van der Waals surface area contributed by atoms with Crippen molar-refractivity contribution >= 4 is 0 Å². The van der Waals surface area contributed by atoms with E-state index >= 15 is 0 Å². The van der Waals surface area contributed by atoms with Crippen LogP contribution in [0.3, 0.4) is 0 Å². The Morgan fingerprint density at radius 3 is 0.600 bits per heavy atom. The van der Waals surface area contributed by atoms with E-state index in [1.165, 1.54) is 5.92 Å². The van der Waals surface area contributed by atoms with E-state index in [1.54, 1.807) is 0 Å². The van der Waals surface area contributed by atoms with Gasteiger partial charge in [0.15, 0.2) is 0 Å². The van der Waals surface area contributed by atoms with Gasteiger partial charge in [-0.1, -0.05) is 0 Å². The van der Waals surface area contributed by atoms with Crippen LogP contribution in [0.15, 0.2) is 0 Å². The van der Waals surface area contributed by atoms with Gasteiger partial charge in [-0.25, -0.2) is 0 Å². The SMILES string of the molecule is C[C-](C)C.C[CH-]C.C[CH-]C.C[CH-]C.O.[Ti+4]. The van der Waals surface area contributed by atoms with Gasteiger partial charge in [-0.15, -0.1) is 0 Å². The zero-order valence-corrected chi connectivity index (χ0v) is 13.8. The Balaban J connectivity index is -0.0000000174. The zero-order chi connectivity index (χ0) is 11.7.